The van der Waals surface area contributed by atoms with Crippen molar-refractivity contribution in [2.24, 2.45) is 7.05 Å². The molecule has 0 fully saturated rings. The summed E-state index contributed by atoms with van der Waals surface area (Å²) in [7, 11) is 1.68. The molecule has 5 nitrogen and oxygen atoms in total. The van der Waals surface area contributed by atoms with Crippen molar-refractivity contribution < 1.29 is 9.18 Å². The first-order chi connectivity index (χ1) is 11.5. The standard InChI is InChI=1S/C18H16FN3O2/c1-11-6-7-15-14(8-11)17(23)16(21-22(15)2)18(24)20-10-12-4-3-5-13(19)9-12/h3-9H,10H2,1-2H3,(H,20,24). The molecule has 0 atom stereocenters. The van der Waals surface area contributed by atoms with E-state index in [1.54, 1.807) is 31.3 Å². The van der Waals surface area contributed by atoms with Crippen LogP contribution in [0.15, 0.2) is 47.3 Å². The molecule has 1 heterocycles. The van der Waals surface area contributed by atoms with Gasteiger partial charge < -0.3 is 5.32 Å². The van der Waals surface area contributed by atoms with Crippen LogP contribution >= 0.6 is 0 Å². The van der Waals surface area contributed by atoms with Gasteiger partial charge in [-0.3, -0.25) is 14.3 Å². The van der Waals surface area contributed by atoms with Crippen molar-refractivity contribution in [1.29, 1.82) is 0 Å². The van der Waals surface area contributed by atoms with Gasteiger partial charge in [0.1, 0.15) is 5.82 Å². The Hall–Kier alpha value is -3.02. The van der Waals surface area contributed by atoms with Crippen LogP contribution in [-0.4, -0.2) is 15.7 Å². The number of fused-ring (bicyclic) bond motifs is 1. The van der Waals surface area contributed by atoms with E-state index in [2.05, 4.69) is 10.4 Å². The van der Waals surface area contributed by atoms with Crippen molar-refractivity contribution in [2.75, 3.05) is 0 Å². The highest BCUT2D eigenvalue weighted by molar-refractivity contribution is 5.95. The Kier molecular flexibility index (Phi) is 4.12. The molecule has 0 radical (unpaired) electrons. The zero-order valence-electron chi connectivity index (χ0n) is 13.3. The van der Waals surface area contributed by atoms with Gasteiger partial charge in [0.05, 0.1) is 10.9 Å². The summed E-state index contributed by atoms with van der Waals surface area (Å²) < 4.78 is 14.7. The zero-order chi connectivity index (χ0) is 17.3. The molecule has 3 aromatic rings. The number of nitrogens with zero attached hydrogens (tertiary/aromatic N) is 2. The van der Waals surface area contributed by atoms with Crippen molar-refractivity contribution in [1.82, 2.24) is 15.1 Å². The largest absolute Gasteiger partial charge is 0.346 e. The van der Waals surface area contributed by atoms with Gasteiger partial charge in [-0.25, -0.2) is 4.39 Å². The average Bonchev–Trinajstić information content (AvgIpc) is 2.56. The van der Waals surface area contributed by atoms with Gasteiger partial charge in [0, 0.05) is 13.6 Å². The van der Waals surface area contributed by atoms with E-state index >= 15 is 0 Å². The summed E-state index contributed by atoms with van der Waals surface area (Å²) in [6, 6.07) is 11.3. The predicted octanol–water partition coefficient (Wildman–Crippen LogP) is 2.31. The van der Waals surface area contributed by atoms with E-state index in [4.69, 9.17) is 0 Å². The Bertz CT molecular complexity index is 995. The molecular formula is C18H16FN3O2. The first-order valence-corrected chi connectivity index (χ1v) is 7.46. The third-order valence-corrected chi connectivity index (χ3v) is 3.77. The van der Waals surface area contributed by atoms with Gasteiger partial charge in [-0.05, 0) is 36.8 Å². The van der Waals surface area contributed by atoms with Crippen molar-refractivity contribution in [3.63, 3.8) is 0 Å². The fourth-order valence-corrected chi connectivity index (χ4v) is 2.55. The van der Waals surface area contributed by atoms with Crippen molar-refractivity contribution in [3.8, 4) is 0 Å². The number of rotatable bonds is 3. The van der Waals surface area contributed by atoms with Gasteiger partial charge in [-0.1, -0.05) is 23.8 Å². The SMILES string of the molecule is Cc1ccc2c(c1)c(=O)c(C(=O)NCc1cccc(F)c1)nn2C. The lowest BCUT2D eigenvalue weighted by atomic mass is 10.1. The number of hydrogen-bond donors (Lipinski definition) is 1. The second kappa shape index (κ2) is 6.23. The molecule has 0 unspecified atom stereocenters. The first-order valence-electron chi connectivity index (χ1n) is 7.46. The number of benzene rings is 2. The van der Waals surface area contributed by atoms with Crippen LogP contribution in [-0.2, 0) is 13.6 Å². The maximum absolute atomic E-state index is 13.2. The monoisotopic (exact) mass is 325 g/mol. The van der Waals surface area contributed by atoms with Gasteiger partial charge in [-0.2, -0.15) is 5.10 Å². The molecule has 0 aliphatic rings. The van der Waals surface area contributed by atoms with Crippen molar-refractivity contribution in [3.05, 3.63) is 75.3 Å². The Morgan fingerprint density at radius 3 is 2.79 bits per heavy atom. The quantitative estimate of drug-likeness (QED) is 0.804. The molecule has 1 aromatic heterocycles. The van der Waals surface area contributed by atoms with E-state index in [0.717, 1.165) is 5.56 Å². The second-order valence-corrected chi connectivity index (χ2v) is 5.63. The maximum Gasteiger partial charge on any atom is 0.276 e. The summed E-state index contributed by atoms with van der Waals surface area (Å²) in [6.45, 7) is 2.00. The van der Waals surface area contributed by atoms with Crippen LogP contribution < -0.4 is 10.7 Å². The summed E-state index contributed by atoms with van der Waals surface area (Å²) >= 11 is 0. The third-order valence-electron chi connectivity index (χ3n) is 3.77. The third kappa shape index (κ3) is 3.03. The highest BCUT2D eigenvalue weighted by atomic mass is 19.1. The van der Waals surface area contributed by atoms with Crippen LogP contribution in [0.1, 0.15) is 21.6 Å². The molecule has 6 heteroatoms. The first kappa shape index (κ1) is 15.9. The number of carbonyl (C=O) groups is 1. The van der Waals surface area contributed by atoms with Crippen LogP contribution in [0.5, 0.6) is 0 Å². The molecule has 24 heavy (non-hydrogen) atoms. The minimum Gasteiger partial charge on any atom is -0.346 e. The lowest BCUT2D eigenvalue weighted by Gasteiger charge is -2.09. The Labute approximate surface area is 137 Å². The molecule has 1 amide bonds. The number of aryl methyl sites for hydroxylation is 2. The zero-order valence-corrected chi connectivity index (χ0v) is 13.3. The summed E-state index contributed by atoms with van der Waals surface area (Å²) in [5.74, 6) is -0.958. The van der Waals surface area contributed by atoms with Crippen LogP contribution in [0.3, 0.4) is 0 Å². The fraction of sp³-hybridized carbons (Fsp3) is 0.167. The molecule has 0 saturated carbocycles. The van der Waals surface area contributed by atoms with Gasteiger partial charge in [-0.15, -0.1) is 0 Å². The van der Waals surface area contributed by atoms with E-state index in [1.807, 2.05) is 13.0 Å². The van der Waals surface area contributed by atoms with E-state index < -0.39 is 11.3 Å². The van der Waals surface area contributed by atoms with E-state index in [-0.39, 0.29) is 18.1 Å². The fourth-order valence-electron chi connectivity index (χ4n) is 2.55. The minimum atomic E-state index is -0.580. The molecule has 0 spiro atoms. The second-order valence-electron chi connectivity index (χ2n) is 5.63. The summed E-state index contributed by atoms with van der Waals surface area (Å²) in [6.07, 6.45) is 0. The van der Waals surface area contributed by atoms with Crippen molar-refractivity contribution >= 4 is 16.8 Å². The Morgan fingerprint density at radius 1 is 1.25 bits per heavy atom. The summed E-state index contributed by atoms with van der Waals surface area (Å²) in [5.41, 5.74) is 1.61. The highest BCUT2D eigenvalue weighted by Crippen LogP contribution is 2.11. The van der Waals surface area contributed by atoms with Gasteiger partial charge in [0.25, 0.3) is 5.91 Å². The van der Waals surface area contributed by atoms with Gasteiger partial charge in [0.2, 0.25) is 5.43 Å². The number of aromatic nitrogens is 2. The van der Waals surface area contributed by atoms with E-state index in [0.29, 0.717) is 16.5 Å². The van der Waals surface area contributed by atoms with Crippen molar-refractivity contribution in [2.45, 2.75) is 13.5 Å². The van der Waals surface area contributed by atoms with Gasteiger partial charge >= 0.3 is 0 Å². The molecule has 0 aliphatic heterocycles. The Balaban J connectivity index is 1.92. The van der Waals surface area contributed by atoms with E-state index in [9.17, 15) is 14.0 Å². The maximum atomic E-state index is 13.2. The number of carbonyl (C=O) groups excluding carboxylic acids is 1. The molecule has 3 rings (SSSR count). The molecule has 0 saturated heterocycles. The number of hydrogen-bond acceptors (Lipinski definition) is 3. The number of amides is 1. The molecule has 0 aliphatic carbocycles. The molecule has 2 aromatic carbocycles. The minimum absolute atomic E-state index is 0.118. The molecule has 122 valence electrons. The molecular weight excluding hydrogens is 309 g/mol. The topological polar surface area (TPSA) is 64.0 Å². The normalized spacial score (nSPS) is 10.8. The van der Waals surface area contributed by atoms with Crippen LogP contribution in [0, 0.1) is 12.7 Å². The average molecular weight is 325 g/mol. The number of halogens is 1. The molecule has 1 N–H and O–H groups in total. The lowest BCUT2D eigenvalue weighted by molar-refractivity contribution is 0.0943. The molecule has 0 bridgehead atoms. The van der Waals surface area contributed by atoms with Crippen LogP contribution in [0.2, 0.25) is 0 Å². The van der Waals surface area contributed by atoms with Crippen LogP contribution in [0.25, 0.3) is 10.9 Å². The lowest BCUT2D eigenvalue weighted by Crippen LogP contribution is -2.31. The highest BCUT2D eigenvalue weighted by Gasteiger charge is 2.16. The van der Waals surface area contributed by atoms with Gasteiger partial charge in [0.15, 0.2) is 5.69 Å². The predicted molar refractivity (Wildman–Crippen MR) is 89.3 cm³/mol. The van der Waals surface area contributed by atoms with Crippen LogP contribution in [0.4, 0.5) is 4.39 Å². The van der Waals surface area contributed by atoms with E-state index in [1.165, 1.54) is 16.8 Å². The smallest absolute Gasteiger partial charge is 0.276 e. The summed E-state index contributed by atoms with van der Waals surface area (Å²) in [4.78, 5) is 24.9. The number of nitrogens with one attached hydrogen (secondary N) is 1. The Morgan fingerprint density at radius 2 is 2.04 bits per heavy atom. The summed E-state index contributed by atoms with van der Waals surface area (Å²) in [5, 5.41) is 7.13.